The first kappa shape index (κ1) is 13.2. The number of hydrogen-bond donors (Lipinski definition) is 3. The number of aromatic nitrogens is 2. The van der Waals surface area contributed by atoms with E-state index >= 15 is 0 Å². The third-order valence-corrected chi connectivity index (χ3v) is 3.21. The number of benzene rings is 1. The van der Waals surface area contributed by atoms with E-state index in [1.54, 1.807) is 6.07 Å². The Balaban J connectivity index is 2.29. The number of hydrogen-bond acceptors (Lipinski definition) is 3. The number of rotatable bonds is 3. The van der Waals surface area contributed by atoms with Crippen molar-refractivity contribution in [2.24, 2.45) is 5.73 Å². The minimum absolute atomic E-state index is 0.185. The van der Waals surface area contributed by atoms with E-state index < -0.39 is 0 Å². The van der Waals surface area contributed by atoms with Crippen LogP contribution < -0.4 is 11.1 Å². The molecule has 2 rings (SSSR count). The largest absolute Gasteiger partial charge is 0.389 e. The van der Waals surface area contributed by atoms with E-state index in [-0.39, 0.29) is 10.9 Å². The molecule has 0 unspecified atom stereocenters. The van der Waals surface area contributed by atoms with Gasteiger partial charge in [0.15, 0.2) is 0 Å². The van der Waals surface area contributed by atoms with Gasteiger partial charge in [0.05, 0.1) is 11.8 Å². The third-order valence-electron chi connectivity index (χ3n) is 2.99. The summed E-state index contributed by atoms with van der Waals surface area (Å²) in [5, 5.41) is 9.23. The standard InChI is InChI=1S/C13H14N4OS/c1-7-4-3-5-9(8(7)2)13(18)16-12-10(11(14)19)6-15-17-12/h3-6H,1-2H3,(H2,14,19)(H2,15,16,17,18). The molecular weight excluding hydrogens is 260 g/mol. The maximum Gasteiger partial charge on any atom is 0.257 e. The summed E-state index contributed by atoms with van der Waals surface area (Å²) in [6, 6.07) is 5.58. The van der Waals surface area contributed by atoms with E-state index in [9.17, 15) is 4.79 Å². The van der Waals surface area contributed by atoms with Crippen LogP contribution in [-0.4, -0.2) is 21.1 Å². The SMILES string of the molecule is Cc1cccc(C(=O)Nc2[nH]ncc2C(N)=S)c1C. The highest BCUT2D eigenvalue weighted by molar-refractivity contribution is 7.80. The van der Waals surface area contributed by atoms with Crippen molar-refractivity contribution in [2.75, 3.05) is 5.32 Å². The van der Waals surface area contributed by atoms with Crippen molar-refractivity contribution >= 4 is 28.9 Å². The van der Waals surface area contributed by atoms with Crippen LogP contribution in [0.15, 0.2) is 24.4 Å². The lowest BCUT2D eigenvalue weighted by atomic mass is 10.0. The molecule has 98 valence electrons. The monoisotopic (exact) mass is 274 g/mol. The molecule has 6 heteroatoms. The van der Waals surface area contributed by atoms with Crippen LogP contribution >= 0.6 is 12.2 Å². The first-order valence-corrected chi connectivity index (χ1v) is 6.12. The molecule has 1 amide bonds. The lowest BCUT2D eigenvalue weighted by Crippen LogP contribution is -2.18. The molecule has 4 N–H and O–H groups in total. The number of H-pyrrole nitrogens is 1. The molecule has 1 aromatic heterocycles. The van der Waals surface area contributed by atoms with E-state index in [0.29, 0.717) is 16.9 Å². The van der Waals surface area contributed by atoms with Crippen molar-refractivity contribution in [3.63, 3.8) is 0 Å². The zero-order valence-corrected chi connectivity index (χ0v) is 11.5. The predicted octanol–water partition coefficient (Wildman–Crippen LogP) is 1.91. The summed E-state index contributed by atoms with van der Waals surface area (Å²) in [5.41, 5.74) is 8.69. The van der Waals surface area contributed by atoms with E-state index in [0.717, 1.165) is 11.1 Å². The minimum Gasteiger partial charge on any atom is -0.389 e. The van der Waals surface area contributed by atoms with Crippen LogP contribution in [0.3, 0.4) is 0 Å². The maximum absolute atomic E-state index is 12.2. The number of nitrogens with one attached hydrogen (secondary N) is 2. The summed E-state index contributed by atoms with van der Waals surface area (Å²) in [7, 11) is 0. The number of aromatic amines is 1. The molecule has 0 saturated carbocycles. The molecule has 5 nitrogen and oxygen atoms in total. The molecule has 19 heavy (non-hydrogen) atoms. The van der Waals surface area contributed by atoms with Crippen molar-refractivity contribution < 1.29 is 4.79 Å². The topological polar surface area (TPSA) is 83.8 Å². The number of thiocarbonyl (C=S) groups is 1. The van der Waals surface area contributed by atoms with Gasteiger partial charge >= 0.3 is 0 Å². The van der Waals surface area contributed by atoms with Gasteiger partial charge in [-0.3, -0.25) is 9.89 Å². The number of carbonyl (C=O) groups excluding carboxylic acids is 1. The first-order chi connectivity index (χ1) is 9.00. The molecule has 2 aromatic rings. The lowest BCUT2D eigenvalue weighted by molar-refractivity contribution is 0.102. The number of aryl methyl sites for hydroxylation is 1. The summed E-state index contributed by atoms with van der Waals surface area (Å²) in [4.78, 5) is 12.4. The van der Waals surface area contributed by atoms with Crippen LogP contribution in [0.25, 0.3) is 0 Å². The predicted molar refractivity (Wildman–Crippen MR) is 78.3 cm³/mol. The Hall–Kier alpha value is -2.21. The van der Waals surface area contributed by atoms with Gasteiger partial charge in [-0.25, -0.2) is 0 Å². The van der Waals surface area contributed by atoms with Crippen LogP contribution in [0.5, 0.6) is 0 Å². The Kier molecular flexibility index (Phi) is 3.62. The zero-order valence-electron chi connectivity index (χ0n) is 10.7. The van der Waals surface area contributed by atoms with Gasteiger partial charge in [0.2, 0.25) is 0 Å². The zero-order chi connectivity index (χ0) is 14.0. The second kappa shape index (κ2) is 5.19. The van der Waals surface area contributed by atoms with Crippen LogP contribution in [0.1, 0.15) is 27.0 Å². The van der Waals surface area contributed by atoms with Crippen LogP contribution in [0, 0.1) is 13.8 Å². The number of nitrogens with zero attached hydrogens (tertiary/aromatic N) is 1. The van der Waals surface area contributed by atoms with Crippen molar-refractivity contribution in [1.29, 1.82) is 0 Å². The smallest absolute Gasteiger partial charge is 0.257 e. The highest BCUT2D eigenvalue weighted by Crippen LogP contribution is 2.16. The van der Waals surface area contributed by atoms with Crippen LogP contribution in [0.2, 0.25) is 0 Å². The molecule has 0 aliphatic heterocycles. The second-order valence-electron chi connectivity index (χ2n) is 4.22. The highest BCUT2D eigenvalue weighted by Gasteiger charge is 2.14. The summed E-state index contributed by atoms with van der Waals surface area (Å²) in [5.74, 6) is 0.196. The molecule has 0 aliphatic rings. The van der Waals surface area contributed by atoms with Gasteiger partial charge in [-0.15, -0.1) is 0 Å². The molecule has 0 bridgehead atoms. The van der Waals surface area contributed by atoms with Gasteiger partial charge < -0.3 is 11.1 Å². The summed E-state index contributed by atoms with van der Waals surface area (Å²) < 4.78 is 0. The van der Waals surface area contributed by atoms with E-state index in [1.807, 2.05) is 26.0 Å². The quantitative estimate of drug-likeness (QED) is 0.747. The highest BCUT2D eigenvalue weighted by atomic mass is 32.1. The minimum atomic E-state index is -0.219. The summed E-state index contributed by atoms with van der Waals surface area (Å²) in [6.07, 6.45) is 1.49. The number of anilines is 1. The lowest BCUT2D eigenvalue weighted by Gasteiger charge is -2.09. The van der Waals surface area contributed by atoms with Gasteiger partial charge in [-0.1, -0.05) is 24.4 Å². The maximum atomic E-state index is 12.2. The Morgan fingerprint density at radius 1 is 1.37 bits per heavy atom. The van der Waals surface area contributed by atoms with Crippen molar-refractivity contribution in [3.05, 3.63) is 46.6 Å². The molecule has 1 heterocycles. The van der Waals surface area contributed by atoms with Crippen LogP contribution in [-0.2, 0) is 0 Å². The fourth-order valence-corrected chi connectivity index (χ4v) is 1.90. The Bertz CT molecular complexity index is 648. The molecule has 0 saturated heterocycles. The van der Waals surface area contributed by atoms with Crippen molar-refractivity contribution in [3.8, 4) is 0 Å². The van der Waals surface area contributed by atoms with Gasteiger partial charge in [0, 0.05) is 5.56 Å². The molecule has 0 fully saturated rings. The Labute approximate surface area is 116 Å². The fourth-order valence-electron chi connectivity index (χ4n) is 1.75. The average molecular weight is 274 g/mol. The second-order valence-corrected chi connectivity index (χ2v) is 4.66. The van der Waals surface area contributed by atoms with E-state index in [2.05, 4.69) is 15.5 Å². The number of amides is 1. The number of nitrogens with two attached hydrogens (primary N) is 1. The summed E-state index contributed by atoms with van der Waals surface area (Å²) in [6.45, 7) is 3.87. The number of carbonyl (C=O) groups is 1. The molecule has 1 aromatic carbocycles. The van der Waals surface area contributed by atoms with Gasteiger partial charge in [0.25, 0.3) is 5.91 Å². The Morgan fingerprint density at radius 2 is 2.11 bits per heavy atom. The molecule has 0 atom stereocenters. The fraction of sp³-hybridized carbons (Fsp3) is 0.154. The molecule has 0 spiro atoms. The molecule has 0 radical (unpaired) electrons. The van der Waals surface area contributed by atoms with Gasteiger partial charge in [-0.05, 0) is 31.0 Å². The third kappa shape index (κ3) is 2.63. The van der Waals surface area contributed by atoms with Crippen molar-refractivity contribution in [2.45, 2.75) is 13.8 Å². The normalized spacial score (nSPS) is 10.2. The van der Waals surface area contributed by atoms with Gasteiger partial charge in [0.1, 0.15) is 10.8 Å². The van der Waals surface area contributed by atoms with Crippen molar-refractivity contribution in [1.82, 2.24) is 10.2 Å². The van der Waals surface area contributed by atoms with Crippen LogP contribution in [0.4, 0.5) is 5.82 Å². The first-order valence-electron chi connectivity index (χ1n) is 5.71. The molecule has 0 aliphatic carbocycles. The average Bonchev–Trinajstić information content (AvgIpc) is 2.80. The van der Waals surface area contributed by atoms with Gasteiger partial charge in [-0.2, -0.15) is 5.10 Å². The Morgan fingerprint density at radius 3 is 2.79 bits per heavy atom. The molecular formula is C13H14N4OS. The van der Waals surface area contributed by atoms with E-state index in [4.69, 9.17) is 18.0 Å². The van der Waals surface area contributed by atoms with E-state index in [1.165, 1.54) is 6.20 Å². The summed E-state index contributed by atoms with van der Waals surface area (Å²) >= 11 is 4.89.